The van der Waals surface area contributed by atoms with Gasteiger partial charge >= 0.3 is 5.97 Å². The molecule has 6 rings (SSSR count). The smallest absolute Gasteiger partial charge is 0.328 e. The number of aliphatic hydroxyl groups is 1. The van der Waals surface area contributed by atoms with Crippen molar-refractivity contribution in [1.82, 2.24) is 34.9 Å². The molecule has 0 saturated heterocycles. The Labute approximate surface area is 280 Å². The molecule has 4 aromatic rings. The number of hydrogen-bond acceptors (Lipinski definition) is 10. The molecule has 2 N–H and O–H groups in total. The highest BCUT2D eigenvalue weighted by atomic mass is 16.5. The number of aromatic amines is 1. The summed E-state index contributed by atoms with van der Waals surface area (Å²) in [6.07, 6.45) is 9.19. The van der Waals surface area contributed by atoms with E-state index in [0.29, 0.717) is 47.7 Å². The molecule has 2 fully saturated rings. The molecule has 2 aliphatic carbocycles. The lowest BCUT2D eigenvalue weighted by atomic mass is 9.58. The van der Waals surface area contributed by atoms with Crippen LogP contribution in [0.5, 0.6) is 11.6 Å². The van der Waals surface area contributed by atoms with Crippen LogP contribution in [0.1, 0.15) is 73.1 Å². The number of ketones is 1. The molecule has 12 nitrogen and oxygen atoms in total. The quantitative estimate of drug-likeness (QED) is 0.176. The van der Waals surface area contributed by atoms with E-state index >= 15 is 0 Å². The van der Waals surface area contributed by atoms with Gasteiger partial charge in [0.2, 0.25) is 0 Å². The molecule has 254 valence electrons. The van der Waals surface area contributed by atoms with Crippen molar-refractivity contribution in [2.24, 2.45) is 28.1 Å². The van der Waals surface area contributed by atoms with Gasteiger partial charge in [-0.05, 0) is 55.1 Å². The largest absolute Gasteiger partial charge is 0.460 e. The average Bonchev–Trinajstić information content (AvgIpc) is 3.83. The maximum Gasteiger partial charge on any atom is 0.328 e. The first-order valence-electron chi connectivity index (χ1n) is 16.7. The van der Waals surface area contributed by atoms with E-state index in [1.54, 1.807) is 18.3 Å². The predicted octanol–water partition coefficient (Wildman–Crippen LogP) is 6.09. The summed E-state index contributed by atoms with van der Waals surface area (Å²) in [5.41, 5.74) is 1.02. The Balaban J connectivity index is 1.17. The van der Waals surface area contributed by atoms with Crippen LogP contribution in [-0.4, -0.2) is 64.0 Å². The van der Waals surface area contributed by atoms with Gasteiger partial charge in [0, 0.05) is 29.2 Å². The van der Waals surface area contributed by atoms with Crippen LogP contribution in [-0.2, 0) is 20.9 Å². The molecular weight excluding hydrogens is 610 g/mol. The van der Waals surface area contributed by atoms with Crippen molar-refractivity contribution in [2.45, 2.75) is 91.9 Å². The molecule has 12 heteroatoms. The Hall–Kier alpha value is -4.45. The molecule has 0 aliphatic heterocycles. The summed E-state index contributed by atoms with van der Waals surface area (Å²) in [5, 5.41) is 20.3. The topological polar surface area (TPSA) is 158 Å². The number of carbonyl (C=O) groups is 2. The molecule has 3 aromatic heterocycles. The standard InChI is InChI=1S/C36H45N7O5/c1-7-35(6)17-28(34(4,5)22(2)11-13-36(23(3)31(35)46)14-12-25(44)16-36)48-29(45)19-43-18-27(41-42-43)24-9-8-10-26(15-24)47-33-30-32(38-20-37-30)39-21-40-33/h7-10,15,18,20-23,28,31,46H,1,11-14,16-17,19H2,2-6H3,(H,37,38,39,40)/t22?,23-,28+,31-,35+,36+/m0/s1. The third kappa shape index (κ3) is 6.37. The van der Waals surface area contributed by atoms with Crippen molar-refractivity contribution in [3.05, 3.63) is 55.8 Å². The van der Waals surface area contributed by atoms with Crippen LogP contribution in [0.15, 0.2) is 55.8 Å². The number of aromatic nitrogens is 7. The highest BCUT2D eigenvalue weighted by Gasteiger charge is 2.52. The zero-order valence-electron chi connectivity index (χ0n) is 28.3. The maximum atomic E-state index is 13.5. The van der Waals surface area contributed by atoms with Gasteiger partial charge in [-0.3, -0.25) is 9.59 Å². The zero-order valence-corrected chi connectivity index (χ0v) is 28.3. The summed E-state index contributed by atoms with van der Waals surface area (Å²) in [4.78, 5) is 41.5. The fourth-order valence-electron chi connectivity index (χ4n) is 7.55. The van der Waals surface area contributed by atoms with E-state index in [0.717, 1.165) is 24.8 Å². The number of fused-ring (bicyclic) bond motifs is 1. The second kappa shape index (κ2) is 12.9. The van der Waals surface area contributed by atoms with E-state index < -0.39 is 29.0 Å². The molecule has 0 radical (unpaired) electrons. The molecule has 1 spiro atoms. The Morgan fingerprint density at radius 3 is 2.75 bits per heavy atom. The minimum Gasteiger partial charge on any atom is -0.460 e. The number of aliphatic hydroxyl groups excluding tert-OH is 1. The van der Waals surface area contributed by atoms with Crippen LogP contribution >= 0.6 is 0 Å². The molecule has 2 saturated carbocycles. The highest BCUT2D eigenvalue weighted by molar-refractivity contribution is 5.81. The van der Waals surface area contributed by atoms with Crippen LogP contribution in [0.25, 0.3) is 22.4 Å². The fraction of sp³-hybridized carbons (Fsp3) is 0.528. The second-order valence-corrected chi connectivity index (χ2v) is 14.7. The van der Waals surface area contributed by atoms with Gasteiger partial charge in [-0.25, -0.2) is 14.6 Å². The summed E-state index contributed by atoms with van der Waals surface area (Å²) in [6, 6.07) is 7.32. The van der Waals surface area contributed by atoms with Crippen LogP contribution in [0, 0.1) is 28.1 Å². The summed E-state index contributed by atoms with van der Waals surface area (Å²) < 4.78 is 13.7. The molecule has 0 bridgehead atoms. The predicted molar refractivity (Wildman–Crippen MR) is 179 cm³/mol. The first-order chi connectivity index (χ1) is 22.8. The third-order valence-corrected chi connectivity index (χ3v) is 11.5. The van der Waals surface area contributed by atoms with Gasteiger partial charge in [0.05, 0.1) is 18.6 Å². The van der Waals surface area contributed by atoms with Gasteiger partial charge < -0.3 is 19.6 Å². The number of rotatable bonds is 7. The van der Waals surface area contributed by atoms with Crippen molar-refractivity contribution in [3.8, 4) is 22.9 Å². The van der Waals surface area contributed by atoms with Crippen molar-refractivity contribution < 1.29 is 24.2 Å². The minimum absolute atomic E-state index is 0.110. The normalized spacial score (nSPS) is 29.2. The molecular formula is C36H45N7O5. The van der Waals surface area contributed by atoms with Crippen molar-refractivity contribution in [3.63, 3.8) is 0 Å². The van der Waals surface area contributed by atoms with E-state index in [-0.39, 0.29) is 29.6 Å². The van der Waals surface area contributed by atoms with Crippen molar-refractivity contribution >= 4 is 22.9 Å². The highest BCUT2D eigenvalue weighted by Crippen LogP contribution is 2.54. The van der Waals surface area contributed by atoms with E-state index in [1.165, 1.54) is 17.3 Å². The lowest BCUT2D eigenvalue weighted by molar-refractivity contribution is -0.165. The summed E-state index contributed by atoms with van der Waals surface area (Å²) in [6.45, 7) is 14.5. The molecule has 1 unspecified atom stereocenters. The Morgan fingerprint density at radius 2 is 2.00 bits per heavy atom. The van der Waals surface area contributed by atoms with Crippen LogP contribution in [0.2, 0.25) is 0 Å². The summed E-state index contributed by atoms with van der Waals surface area (Å²) >= 11 is 0. The molecule has 2 aliphatic rings. The lowest BCUT2D eigenvalue weighted by Crippen LogP contribution is -2.50. The van der Waals surface area contributed by atoms with E-state index in [9.17, 15) is 14.7 Å². The number of ether oxygens (including phenoxy) is 2. The van der Waals surface area contributed by atoms with Gasteiger partial charge in [0.15, 0.2) is 11.2 Å². The van der Waals surface area contributed by atoms with Gasteiger partial charge in [0.1, 0.15) is 36.2 Å². The van der Waals surface area contributed by atoms with Crippen LogP contribution in [0.3, 0.4) is 0 Å². The molecule has 1 aromatic carbocycles. The number of benzene rings is 1. The number of nitrogens with one attached hydrogen (secondary N) is 1. The Morgan fingerprint density at radius 1 is 1.19 bits per heavy atom. The monoisotopic (exact) mass is 655 g/mol. The number of hydrogen-bond donors (Lipinski definition) is 2. The molecule has 0 amide bonds. The zero-order chi connectivity index (χ0) is 34.3. The molecule has 6 atom stereocenters. The van der Waals surface area contributed by atoms with Crippen molar-refractivity contribution in [1.29, 1.82) is 0 Å². The third-order valence-electron chi connectivity index (χ3n) is 11.5. The van der Waals surface area contributed by atoms with Crippen molar-refractivity contribution in [2.75, 3.05) is 0 Å². The first-order valence-corrected chi connectivity index (χ1v) is 16.7. The number of nitrogens with zero attached hydrogens (tertiary/aromatic N) is 6. The number of imidazole rings is 1. The van der Waals surface area contributed by atoms with Gasteiger partial charge in [-0.2, -0.15) is 4.98 Å². The second-order valence-electron chi connectivity index (χ2n) is 14.7. The number of H-pyrrole nitrogens is 1. The first kappa shape index (κ1) is 33.5. The van der Waals surface area contributed by atoms with Gasteiger partial charge in [-0.15, -0.1) is 11.7 Å². The Bertz CT molecular complexity index is 1820. The number of esters is 1. The SMILES string of the molecule is C=C[C@]1(C)C[C@@H](OC(=O)Cn2cc(-c3cccc(Oc4ncnc5[nH]cnc45)c3)nn2)C(C)(C)C(C)CC[C@]2(CCC(=O)C2)[C@@H](C)[C@@H]1O. The van der Waals surface area contributed by atoms with E-state index in [1.807, 2.05) is 25.1 Å². The average molecular weight is 656 g/mol. The lowest BCUT2D eigenvalue weighted by Gasteiger charge is -2.50. The fourth-order valence-corrected chi connectivity index (χ4v) is 7.55. The molecule has 48 heavy (non-hydrogen) atoms. The summed E-state index contributed by atoms with van der Waals surface area (Å²) in [5.74, 6) is 0.777. The van der Waals surface area contributed by atoms with Gasteiger partial charge in [-0.1, -0.05) is 58.0 Å². The maximum absolute atomic E-state index is 13.5. The van der Waals surface area contributed by atoms with Gasteiger partial charge in [0.25, 0.3) is 5.88 Å². The number of Topliss-reactive ketones (excluding diaryl/α,β-unsaturated/α-hetero) is 1. The Kier molecular flexibility index (Phi) is 8.97. The molecule has 3 heterocycles. The van der Waals surface area contributed by atoms with E-state index in [2.05, 4.69) is 64.5 Å². The summed E-state index contributed by atoms with van der Waals surface area (Å²) in [7, 11) is 0. The number of carbonyl (C=O) groups excluding carboxylic acids is 2. The minimum atomic E-state index is -0.747. The van der Waals surface area contributed by atoms with Crippen LogP contribution in [0.4, 0.5) is 0 Å². The van der Waals surface area contributed by atoms with E-state index in [4.69, 9.17) is 9.47 Å². The van der Waals surface area contributed by atoms with Crippen LogP contribution < -0.4 is 4.74 Å².